The Hall–Kier alpha value is -1.35. The molecule has 1 saturated carbocycles. The Kier molecular flexibility index (Phi) is 3.33. The van der Waals surface area contributed by atoms with Crippen molar-refractivity contribution in [3.8, 4) is 11.3 Å². The highest BCUT2D eigenvalue weighted by Gasteiger charge is 2.19. The first-order valence-corrected chi connectivity index (χ1v) is 7.12. The van der Waals surface area contributed by atoms with E-state index in [9.17, 15) is 0 Å². The number of nitrogens with zero attached hydrogens (tertiary/aromatic N) is 1. The number of nitrogens with one attached hydrogen (secondary N) is 1. The lowest BCUT2D eigenvalue weighted by molar-refractivity contribution is 0.353. The van der Waals surface area contributed by atoms with Crippen LogP contribution in [0.1, 0.15) is 38.1 Å². The molecule has 1 aromatic carbocycles. The predicted molar refractivity (Wildman–Crippen MR) is 77.2 cm³/mol. The first-order valence-electron chi connectivity index (χ1n) is 6.71. The third-order valence-corrected chi connectivity index (χ3v) is 4.13. The fraction of sp³-hybridized carbons (Fsp3) is 0.400. The Morgan fingerprint density at radius 2 is 1.78 bits per heavy atom. The highest BCUT2D eigenvalue weighted by Crippen LogP contribution is 2.32. The Labute approximate surface area is 113 Å². The van der Waals surface area contributed by atoms with E-state index in [1.165, 1.54) is 43.4 Å². The van der Waals surface area contributed by atoms with Gasteiger partial charge < -0.3 is 9.55 Å². The van der Waals surface area contributed by atoms with Crippen LogP contribution in [0, 0.1) is 4.77 Å². The zero-order valence-corrected chi connectivity index (χ0v) is 11.2. The lowest BCUT2D eigenvalue weighted by atomic mass is 9.95. The van der Waals surface area contributed by atoms with Crippen LogP contribution < -0.4 is 0 Å². The van der Waals surface area contributed by atoms with Crippen molar-refractivity contribution >= 4 is 12.2 Å². The lowest BCUT2D eigenvalue weighted by Gasteiger charge is -2.25. The van der Waals surface area contributed by atoms with Crippen LogP contribution in [0.4, 0.5) is 0 Å². The second kappa shape index (κ2) is 5.11. The third-order valence-electron chi connectivity index (χ3n) is 3.82. The normalized spacial score (nSPS) is 16.9. The van der Waals surface area contributed by atoms with Crippen molar-refractivity contribution in [1.29, 1.82) is 0 Å². The summed E-state index contributed by atoms with van der Waals surface area (Å²) in [5.74, 6) is 0. The summed E-state index contributed by atoms with van der Waals surface area (Å²) >= 11 is 5.46. The van der Waals surface area contributed by atoms with Gasteiger partial charge in [0, 0.05) is 12.2 Å². The van der Waals surface area contributed by atoms with Gasteiger partial charge in [-0.1, -0.05) is 49.6 Å². The average molecular weight is 258 g/mol. The molecule has 3 rings (SSSR count). The van der Waals surface area contributed by atoms with E-state index in [0.29, 0.717) is 6.04 Å². The molecular weight excluding hydrogens is 240 g/mol. The molecule has 0 spiro atoms. The molecule has 0 radical (unpaired) electrons. The zero-order valence-electron chi connectivity index (χ0n) is 10.4. The van der Waals surface area contributed by atoms with Gasteiger partial charge in [0.15, 0.2) is 4.77 Å². The number of imidazole rings is 1. The van der Waals surface area contributed by atoms with E-state index >= 15 is 0 Å². The van der Waals surface area contributed by atoms with Gasteiger partial charge in [0.1, 0.15) is 0 Å². The maximum Gasteiger partial charge on any atom is 0.177 e. The van der Waals surface area contributed by atoms with Crippen LogP contribution in [-0.4, -0.2) is 9.55 Å². The van der Waals surface area contributed by atoms with Gasteiger partial charge in [-0.25, -0.2) is 0 Å². The summed E-state index contributed by atoms with van der Waals surface area (Å²) in [6, 6.07) is 11.1. The van der Waals surface area contributed by atoms with Crippen LogP contribution >= 0.6 is 12.2 Å². The maximum atomic E-state index is 5.46. The average Bonchev–Trinajstić information content (AvgIpc) is 2.83. The highest BCUT2D eigenvalue weighted by molar-refractivity contribution is 7.71. The van der Waals surface area contributed by atoms with Gasteiger partial charge >= 0.3 is 0 Å². The smallest absolute Gasteiger partial charge is 0.177 e. The Morgan fingerprint density at radius 1 is 1.06 bits per heavy atom. The summed E-state index contributed by atoms with van der Waals surface area (Å²) in [6.45, 7) is 0. The van der Waals surface area contributed by atoms with Crippen LogP contribution in [-0.2, 0) is 0 Å². The Bertz CT molecular complexity index is 562. The molecule has 0 bridgehead atoms. The van der Waals surface area contributed by atoms with E-state index in [2.05, 4.69) is 39.9 Å². The number of benzene rings is 1. The SMILES string of the molecule is S=c1[nH]cc(-c2ccccc2)n1C1CCCCC1. The van der Waals surface area contributed by atoms with Gasteiger partial charge in [-0.05, 0) is 30.6 Å². The maximum absolute atomic E-state index is 5.46. The number of hydrogen-bond donors (Lipinski definition) is 1. The van der Waals surface area contributed by atoms with Crippen molar-refractivity contribution in [1.82, 2.24) is 9.55 Å². The fourth-order valence-corrected chi connectivity index (χ4v) is 3.22. The van der Waals surface area contributed by atoms with Crippen LogP contribution in [0.3, 0.4) is 0 Å². The van der Waals surface area contributed by atoms with Gasteiger partial charge in [0.25, 0.3) is 0 Å². The molecule has 1 aromatic heterocycles. The van der Waals surface area contributed by atoms with Gasteiger partial charge in [-0.2, -0.15) is 0 Å². The summed E-state index contributed by atoms with van der Waals surface area (Å²) in [5.41, 5.74) is 2.47. The quantitative estimate of drug-likeness (QED) is 0.773. The molecule has 94 valence electrons. The second-order valence-electron chi connectivity index (χ2n) is 5.01. The Balaban J connectivity index is 2.03. The van der Waals surface area contributed by atoms with Crippen LogP contribution in [0.5, 0.6) is 0 Å². The molecule has 0 atom stereocenters. The molecule has 2 nitrogen and oxygen atoms in total. The van der Waals surface area contributed by atoms with Gasteiger partial charge in [-0.3, -0.25) is 0 Å². The molecule has 0 saturated heterocycles. The van der Waals surface area contributed by atoms with Crippen molar-refractivity contribution in [2.75, 3.05) is 0 Å². The first kappa shape index (κ1) is 11.7. The van der Waals surface area contributed by atoms with Gasteiger partial charge in [0.2, 0.25) is 0 Å². The van der Waals surface area contributed by atoms with Gasteiger partial charge in [0.05, 0.1) is 5.69 Å². The van der Waals surface area contributed by atoms with Crippen molar-refractivity contribution in [2.24, 2.45) is 0 Å². The summed E-state index contributed by atoms with van der Waals surface area (Å²) in [7, 11) is 0. The van der Waals surface area contributed by atoms with Crippen LogP contribution in [0.15, 0.2) is 36.5 Å². The van der Waals surface area contributed by atoms with E-state index in [-0.39, 0.29) is 0 Å². The summed E-state index contributed by atoms with van der Waals surface area (Å²) < 4.78 is 3.19. The number of rotatable bonds is 2. The lowest BCUT2D eigenvalue weighted by Crippen LogP contribution is -2.13. The molecule has 2 aromatic rings. The molecule has 1 N–H and O–H groups in total. The third kappa shape index (κ3) is 2.15. The summed E-state index contributed by atoms with van der Waals surface area (Å²) in [6.07, 6.45) is 8.58. The molecule has 1 fully saturated rings. The largest absolute Gasteiger partial charge is 0.337 e. The number of aromatic amines is 1. The highest BCUT2D eigenvalue weighted by atomic mass is 32.1. The van der Waals surface area contributed by atoms with Crippen molar-refractivity contribution in [3.05, 3.63) is 41.3 Å². The fourth-order valence-electron chi connectivity index (χ4n) is 2.91. The minimum absolute atomic E-state index is 0.577. The monoisotopic (exact) mass is 258 g/mol. The molecule has 1 aliphatic rings. The number of aromatic nitrogens is 2. The van der Waals surface area contributed by atoms with Crippen molar-refractivity contribution < 1.29 is 0 Å². The molecule has 0 unspecified atom stereocenters. The van der Waals surface area contributed by atoms with Crippen LogP contribution in [0.25, 0.3) is 11.3 Å². The molecule has 3 heteroatoms. The van der Waals surface area contributed by atoms with E-state index in [0.717, 1.165) is 4.77 Å². The number of H-pyrrole nitrogens is 1. The summed E-state index contributed by atoms with van der Waals surface area (Å²) in [5, 5.41) is 0. The van der Waals surface area contributed by atoms with Gasteiger partial charge in [-0.15, -0.1) is 0 Å². The van der Waals surface area contributed by atoms with Crippen molar-refractivity contribution in [2.45, 2.75) is 38.1 Å². The molecule has 1 heterocycles. The standard InChI is InChI=1S/C15H18N2S/c18-15-16-11-14(12-7-3-1-4-8-12)17(15)13-9-5-2-6-10-13/h1,3-4,7-8,11,13H,2,5-6,9-10H2,(H,16,18). The van der Waals surface area contributed by atoms with E-state index < -0.39 is 0 Å². The predicted octanol–water partition coefficient (Wildman–Crippen LogP) is 4.72. The molecule has 1 aliphatic carbocycles. The Morgan fingerprint density at radius 3 is 2.50 bits per heavy atom. The van der Waals surface area contributed by atoms with E-state index in [4.69, 9.17) is 12.2 Å². The molecular formula is C15H18N2S. The molecule has 0 amide bonds. The van der Waals surface area contributed by atoms with Crippen molar-refractivity contribution in [3.63, 3.8) is 0 Å². The van der Waals surface area contributed by atoms with E-state index in [1.807, 2.05) is 6.20 Å². The second-order valence-corrected chi connectivity index (χ2v) is 5.39. The zero-order chi connectivity index (χ0) is 12.4. The summed E-state index contributed by atoms with van der Waals surface area (Å²) in [4.78, 5) is 3.21. The topological polar surface area (TPSA) is 20.7 Å². The van der Waals surface area contributed by atoms with E-state index in [1.54, 1.807) is 0 Å². The number of hydrogen-bond acceptors (Lipinski definition) is 1. The molecule has 18 heavy (non-hydrogen) atoms. The minimum atomic E-state index is 0.577. The first-order chi connectivity index (χ1) is 8.86. The molecule has 0 aliphatic heterocycles. The van der Waals surface area contributed by atoms with Crippen LogP contribution in [0.2, 0.25) is 0 Å². The minimum Gasteiger partial charge on any atom is -0.337 e.